The van der Waals surface area contributed by atoms with Crippen LogP contribution in [0.3, 0.4) is 0 Å². The molecule has 0 aliphatic carbocycles. The number of amides is 1. The van der Waals surface area contributed by atoms with E-state index in [1.165, 1.54) is 0 Å². The quantitative estimate of drug-likeness (QED) is 0.732. The van der Waals surface area contributed by atoms with Gasteiger partial charge in [-0.1, -0.05) is 6.07 Å². The van der Waals surface area contributed by atoms with Crippen molar-refractivity contribution in [1.29, 1.82) is 0 Å². The molecule has 3 aromatic rings. The van der Waals surface area contributed by atoms with E-state index in [0.717, 1.165) is 16.3 Å². The maximum absolute atomic E-state index is 12.0. The zero-order valence-electron chi connectivity index (χ0n) is 13.1. The van der Waals surface area contributed by atoms with E-state index in [0.29, 0.717) is 23.8 Å². The van der Waals surface area contributed by atoms with Crippen molar-refractivity contribution in [3.05, 3.63) is 52.7 Å². The molecular weight excluding hydrogens is 340 g/mol. The summed E-state index contributed by atoms with van der Waals surface area (Å²) in [6.45, 7) is 0.235. The predicted octanol–water partition coefficient (Wildman–Crippen LogP) is 3.19. The van der Waals surface area contributed by atoms with Crippen LogP contribution in [0.1, 0.15) is 4.88 Å². The van der Waals surface area contributed by atoms with Crippen molar-refractivity contribution in [3.8, 4) is 11.5 Å². The van der Waals surface area contributed by atoms with E-state index >= 15 is 0 Å². The van der Waals surface area contributed by atoms with Gasteiger partial charge in [0.05, 0.1) is 6.42 Å². The minimum atomic E-state index is -0.117. The van der Waals surface area contributed by atoms with Gasteiger partial charge in [0, 0.05) is 16.6 Å². The first-order valence-corrected chi connectivity index (χ1v) is 8.47. The summed E-state index contributed by atoms with van der Waals surface area (Å²) in [5, 5.41) is 15.9. The highest BCUT2D eigenvalue weighted by Crippen LogP contribution is 2.34. The third kappa shape index (κ3) is 3.69. The SMILES string of the molecule is O=C(Cc1cccs1)Nc1ccc(Nc2ccc3c(c2)OCO3)nn1. The number of anilines is 3. The highest BCUT2D eigenvalue weighted by atomic mass is 32.1. The summed E-state index contributed by atoms with van der Waals surface area (Å²) >= 11 is 1.55. The number of benzene rings is 1. The minimum Gasteiger partial charge on any atom is -0.454 e. The number of thiophene rings is 1. The van der Waals surface area contributed by atoms with Gasteiger partial charge in [-0.2, -0.15) is 0 Å². The second-order valence-electron chi connectivity index (χ2n) is 5.30. The molecule has 0 radical (unpaired) electrons. The lowest BCUT2D eigenvalue weighted by molar-refractivity contribution is -0.115. The second-order valence-corrected chi connectivity index (χ2v) is 6.33. The largest absolute Gasteiger partial charge is 0.454 e. The Balaban J connectivity index is 1.37. The number of hydrogen-bond acceptors (Lipinski definition) is 7. The van der Waals surface area contributed by atoms with Crippen LogP contribution in [0.15, 0.2) is 47.8 Å². The fourth-order valence-electron chi connectivity index (χ4n) is 2.35. The van der Waals surface area contributed by atoms with Crippen LogP contribution in [0.2, 0.25) is 0 Å². The van der Waals surface area contributed by atoms with Gasteiger partial charge in [0.25, 0.3) is 0 Å². The number of hydrogen-bond donors (Lipinski definition) is 2. The molecule has 2 N–H and O–H groups in total. The molecule has 0 unspecified atom stereocenters. The summed E-state index contributed by atoms with van der Waals surface area (Å²) < 4.78 is 10.6. The summed E-state index contributed by atoms with van der Waals surface area (Å²) in [4.78, 5) is 13.0. The lowest BCUT2D eigenvalue weighted by Crippen LogP contribution is -2.15. The summed E-state index contributed by atoms with van der Waals surface area (Å²) in [5.74, 6) is 2.27. The van der Waals surface area contributed by atoms with Gasteiger partial charge in [-0.3, -0.25) is 4.79 Å². The Kier molecular flexibility index (Phi) is 4.17. The van der Waals surface area contributed by atoms with Gasteiger partial charge < -0.3 is 20.1 Å². The summed E-state index contributed by atoms with van der Waals surface area (Å²) in [7, 11) is 0. The van der Waals surface area contributed by atoms with E-state index in [4.69, 9.17) is 9.47 Å². The van der Waals surface area contributed by atoms with Crippen LogP contribution in [0.4, 0.5) is 17.3 Å². The molecule has 2 aromatic heterocycles. The fraction of sp³-hybridized carbons (Fsp3) is 0.118. The van der Waals surface area contributed by atoms with Gasteiger partial charge in [0.15, 0.2) is 23.1 Å². The molecule has 1 aromatic carbocycles. The molecule has 1 amide bonds. The number of carbonyl (C=O) groups is 1. The maximum atomic E-state index is 12.0. The summed E-state index contributed by atoms with van der Waals surface area (Å²) in [5.41, 5.74) is 0.813. The van der Waals surface area contributed by atoms with Crippen molar-refractivity contribution in [2.24, 2.45) is 0 Å². The summed E-state index contributed by atoms with van der Waals surface area (Å²) in [6, 6.07) is 12.8. The van der Waals surface area contributed by atoms with Crippen LogP contribution in [0, 0.1) is 0 Å². The Hall–Kier alpha value is -3.13. The fourth-order valence-corrected chi connectivity index (χ4v) is 3.05. The molecule has 0 atom stereocenters. The van der Waals surface area contributed by atoms with Crippen LogP contribution >= 0.6 is 11.3 Å². The zero-order chi connectivity index (χ0) is 17.1. The number of aromatic nitrogens is 2. The molecule has 8 heteroatoms. The van der Waals surface area contributed by atoms with Crippen LogP contribution in [-0.4, -0.2) is 22.9 Å². The maximum Gasteiger partial charge on any atom is 0.231 e. The van der Waals surface area contributed by atoms with E-state index in [2.05, 4.69) is 20.8 Å². The van der Waals surface area contributed by atoms with E-state index in [-0.39, 0.29) is 12.7 Å². The zero-order valence-corrected chi connectivity index (χ0v) is 13.9. The first-order chi connectivity index (χ1) is 12.3. The number of nitrogens with zero attached hydrogens (tertiary/aromatic N) is 2. The van der Waals surface area contributed by atoms with Gasteiger partial charge in [-0.25, -0.2) is 0 Å². The number of ether oxygens (including phenoxy) is 2. The first kappa shape index (κ1) is 15.4. The summed E-state index contributed by atoms with van der Waals surface area (Å²) in [6.07, 6.45) is 0.330. The average Bonchev–Trinajstić information content (AvgIpc) is 3.27. The molecule has 0 bridgehead atoms. The first-order valence-electron chi connectivity index (χ1n) is 7.59. The Bertz CT molecular complexity index is 881. The molecule has 126 valence electrons. The third-order valence-corrected chi connectivity index (χ3v) is 4.37. The Morgan fingerprint density at radius 1 is 1.08 bits per heavy atom. The molecular formula is C17H14N4O3S. The van der Waals surface area contributed by atoms with Crippen molar-refractivity contribution in [2.75, 3.05) is 17.4 Å². The molecule has 1 aliphatic rings. The second kappa shape index (κ2) is 6.78. The minimum absolute atomic E-state index is 0.117. The van der Waals surface area contributed by atoms with E-state index in [1.807, 2.05) is 35.7 Å². The molecule has 25 heavy (non-hydrogen) atoms. The standard InChI is InChI=1S/C17H14N4O3S/c22-17(9-12-2-1-7-25-12)19-16-6-5-15(20-21-16)18-11-3-4-13-14(8-11)24-10-23-13/h1-8H,9-10H2,(H,18,20)(H,19,21,22). The van der Waals surface area contributed by atoms with Crippen LogP contribution in [-0.2, 0) is 11.2 Å². The van der Waals surface area contributed by atoms with Crippen molar-refractivity contribution in [1.82, 2.24) is 10.2 Å². The highest BCUT2D eigenvalue weighted by molar-refractivity contribution is 7.10. The lowest BCUT2D eigenvalue weighted by Gasteiger charge is -2.07. The van der Waals surface area contributed by atoms with E-state index in [1.54, 1.807) is 23.5 Å². The van der Waals surface area contributed by atoms with Gasteiger partial charge in [0.2, 0.25) is 12.7 Å². The number of carbonyl (C=O) groups excluding carboxylic acids is 1. The van der Waals surface area contributed by atoms with Crippen LogP contribution < -0.4 is 20.1 Å². The number of fused-ring (bicyclic) bond motifs is 1. The Morgan fingerprint density at radius 3 is 2.72 bits per heavy atom. The Morgan fingerprint density at radius 2 is 1.92 bits per heavy atom. The molecule has 7 nitrogen and oxygen atoms in total. The van der Waals surface area contributed by atoms with Crippen LogP contribution in [0.25, 0.3) is 0 Å². The molecule has 3 heterocycles. The molecule has 0 spiro atoms. The van der Waals surface area contributed by atoms with Crippen LogP contribution in [0.5, 0.6) is 11.5 Å². The predicted molar refractivity (Wildman–Crippen MR) is 94.5 cm³/mol. The molecule has 0 fully saturated rings. The van der Waals surface area contributed by atoms with E-state index < -0.39 is 0 Å². The van der Waals surface area contributed by atoms with Crippen molar-refractivity contribution in [3.63, 3.8) is 0 Å². The number of nitrogens with one attached hydrogen (secondary N) is 2. The molecule has 1 aliphatic heterocycles. The van der Waals surface area contributed by atoms with Crippen molar-refractivity contribution >= 4 is 34.6 Å². The van der Waals surface area contributed by atoms with Gasteiger partial charge in [0.1, 0.15) is 0 Å². The number of rotatable bonds is 5. The lowest BCUT2D eigenvalue weighted by atomic mass is 10.3. The monoisotopic (exact) mass is 354 g/mol. The van der Waals surface area contributed by atoms with E-state index in [9.17, 15) is 4.79 Å². The van der Waals surface area contributed by atoms with Crippen molar-refractivity contribution < 1.29 is 14.3 Å². The molecule has 0 saturated carbocycles. The topological polar surface area (TPSA) is 85.4 Å². The molecule has 0 saturated heterocycles. The normalized spacial score (nSPS) is 12.0. The van der Waals surface area contributed by atoms with Gasteiger partial charge in [-0.15, -0.1) is 21.5 Å². The van der Waals surface area contributed by atoms with Gasteiger partial charge >= 0.3 is 0 Å². The molecule has 4 rings (SSSR count). The Labute approximate surface area is 147 Å². The third-order valence-electron chi connectivity index (χ3n) is 3.49. The highest BCUT2D eigenvalue weighted by Gasteiger charge is 2.13. The van der Waals surface area contributed by atoms with Crippen molar-refractivity contribution in [2.45, 2.75) is 6.42 Å². The average molecular weight is 354 g/mol. The smallest absolute Gasteiger partial charge is 0.231 e. The van der Waals surface area contributed by atoms with Gasteiger partial charge in [-0.05, 0) is 35.7 Å².